The Labute approximate surface area is 128 Å². The van der Waals surface area contributed by atoms with Gasteiger partial charge in [0.05, 0.1) is 12.2 Å². The van der Waals surface area contributed by atoms with Crippen molar-refractivity contribution in [3.8, 4) is 0 Å². The Morgan fingerprint density at radius 1 is 1.29 bits per heavy atom. The first-order valence-corrected chi connectivity index (χ1v) is 8.21. The van der Waals surface area contributed by atoms with E-state index in [2.05, 4.69) is 50.1 Å². The predicted octanol–water partition coefficient (Wildman–Crippen LogP) is 2.35. The number of hydrogen-bond acceptors (Lipinski definition) is 3. The normalized spacial score (nSPS) is 31.1. The van der Waals surface area contributed by atoms with Crippen LogP contribution >= 0.6 is 0 Å². The van der Waals surface area contributed by atoms with E-state index in [0.29, 0.717) is 6.54 Å². The van der Waals surface area contributed by atoms with Crippen LogP contribution in [0.15, 0.2) is 12.2 Å². The third-order valence-electron chi connectivity index (χ3n) is 4.61. The van der Waals surface area contributed by atoms with Crippen LogP contribution < -0.4 is 5.32 Å². The van der Waals surface area contributed by atoms with E-state index >= 15 is 0 Å². The van der Waals surface area contributed by atoms with E-state index in [4.69, 9.17) is 4.74 Å². The molecule has 0 saturated carbocycles. The van der Waals surface area contributed by atoms with Crippen molar-refractivity contribution in [2.24, 2.45) is 5.92 Å². The molecule has 1 N–H and O–H groups in total. The largest absolute Gasteiger partial charge is 0.373 e. The fraction of sp³-hybridized carbons (Fsp3) is 0.824. The highest BCUT2D eigenvalue weighted by Crippen LogP contribution is 2.22. The summed E-state index contributed by atoms with van der Waals surface area (Å²) in [5.74, 6) is 0.370. The first-order chi connectivity index (χ1) is 9.88. The van der Waals surface area contributed by atoms with Gasteiger partial charge in [0.15, 0.2) is 0 Å². The molecule has 0 aromatic carbocycles. The van der Waals surface area contributed by atoms with Gasteiger partial charge in [-0.25, -0.2) is 0 Å². The minimum Gasteiger partial charge on any atom is -0.373 e. The van der Waals surface area contributed by atoms with Crippen LogP contribution in [0.5, 0.6) is 0 Å². The summed E-state index contributed by atoms with van der Waals surface area (Å²) in [7, 11) is 0. The molecule has 1 fully saturated rings. The standard InChI is InChI=1S/C17H30N2O2/c1-13-10-19(11-14(2)21-13)17(3,4)12-18-16(20)15-8-6-5-7-9-15/h5-6,13-15H,7-12H2,1-4H3,(H,18,20)/t13-,14-,15-/m1/s1. The van der Waals surface area contributed by atoms with Crippen LogP contribution in [0.4, 0.5) is 0 Å². The maximum absolute atomic E-state index is 12.3. The zero-order valence-corrected chi connectivity index (χ0v) is 13.9. The molecule has 1 heterocycles. The Morgan fingerprint density at radius 2 is 1.95 bits per heavy atom. The van der Waals surface area contributed by atoms with Crippen molar-refractivity contribution in [1.82, 2.24) is 10.2 Å². The molecule has 0 unspecified atom stereocenters. The Bertz CT molecular complexity index is 382. The molecule has 0 aromatic rings. The van der Waals surface area contributed by atoms with Gasteiger partial charge in [0.1, 0.15) is 0 Å². The van der Waals surface area contributed by atoms with Gasteiger partial charge < -0.3 is 10.1 Å². The topological polar surface area (TPSA) is 41.6 Å². The number of amides is 1. The lowest BCUT2D eigenvalue weighted by molar-refractivity contribution is -0.126. The van der Waals surface area contributed by atoms with E-state index in [1.54, 1.807) is 0 Å². The van der Waals surface area contributed by atoms with Gasteiger partial charge in [-0.2, -0.15) is 0 Å². The quantitative estimate of drug-likeness (QED) is 0.809. The Balaban J connectivity index is 1.85. The van der Waals surface area contributed by atoms with Gasteiger partial charge in [0, 0.05) is 31.1 Å². The second-order valence-electron chi connectivity index (χ2n) is 7.17. The van der Waals surface area contributed by atoms with E-state index in [0.717, 1.165) is 32.4 Å². The lowest BCUT2D eigenvalue weighted by Crippen LogP contribution is -2.59. The van der Waals surface area contributed by atoms with Crippen LogP contribution in [0.1, 0.15) is 47.0 Å². The predicted molar refractivity (Wildman–Crippen MR) is 85.2 cm³/mol. The molecule has 3 atom stereocenters. The highest BCUT2D eigenvalue weighted by atomic mass is 16.5. The minimum absolute atomic E-state index is 0.0353. The molecule has 1 aliphatic carbocycles. The summed E-state index contributed by atoms with van der Waals surface area (Å²) >= 11 is 0. The minimum atomic E-state index is -0.0353. The molecule has 4 heteroatoms. The zero-order valence-electron chi connectivity index (χ0n) is 13.9. The Hall–Kier alpha value is -0.870. The lowest BCUT2D eigenvalue weighted by atomic mass is 9.93. The molecule has 0 aromatic heterocycles. The number of hydrogen-bond donors (Lipinski definition) is 1. The van der Waals surface area contributed by atoms with Gasteiger partial charge >= 0.3 is 0 Å². The van der Waals surface area contributed by atoms with Crippen LogP contribution in [0.3, 0.4) is 0 Å². The van der Waals surface area contributed by atoms with Crippen molar-refractivity contribution in [2.75, 3.05) is 19.6 Å². The van der Waals surface area contributed by atoms with Crippen molar-refractivity contribution in [1.29, 1.82) is 0 Å². The summed E-state index contributed by atoms with van der Waals surface area (Å²) in [6.45, 7) is 11.2. The van der Waals surface area contributed by atoms with Crippen LogP contribution in [-0.4, -0.2) is 48.2 Å². The first-order valence-electron chi connectivity index (χ1n) is 8.21. The molecule has 0 bridgehead atoms. The van der Waals surface area contributed by atoms with E-state index < -0.39 is 0 Å². The molecular weight excluding hydrogens is 264 g/mol. The monoisotopic (exact) mass is 294 g/mol. The van der Waals surface area contributed by atoms with Gasteiger partial charge in [-0.05, 0) is 47.0 Å². The molecule has 4 nitrogen and oxygen atoms in total. The van der Waals surface area contributed by atoms with Crippen molar-refractivity contribution < 1.29 is 9.53 Å². The van der Waals surface area contributed by atoms with Gasteiger partial charge in [-0.15, -0.1) is 0 Å². The molecule has 0 radical (unpaired) electrons. The third kappa shape index (κ3) is 4.55. The second kappa shape index (κ2) is 6.93. The number of nitrogens with one attached hydrogen (secondary N) is 1. The average Bonchev–Trinajstić information content (AvgIpc) is 2.45. The lowest BCUT2D eigenvalue weighted by Gasteiger charge is -2.45. The molecule has 1 amide bonds. The van der Waals surface area contributed by atoms with Crippen LogP contribution in [0, 0.1) is 5.92 Å². The fourth-order valence-corrected chi connectivity index (χ4v) is 3.26. The number of morpholine rings is 1. The second-order valence-corrected chi connectivity index (χ2v) is 7.17. The zero-order chi connectivity index (χ0) is 15.5. The SMILES string of the molecule is C[C@@H]1CN(C(C)(C)CNC(=O)[C@@H]2CC=CCC2)C[C@@H](C)O1. The average molecular weight is 294 g/mol. The summed E-state index contributed by atoms with van der Waals surface area (Å²) in [4.78, 5) is 14.7. The van der Waals surface area contributed by atoms with Gasteiger partial charge in [0.2, 0.25) is 5.91 Å². The highest BCUT2D eigenvalue weighted by molar-refractivity contribution is 5.79. The summed E-state index contributed by atoms with van der Waals surface area (Å²) < 4.78 is 5.80. The molecule has 2 rings (SSSR count). The Kier molecular flexibility index (Phi) is 5.44. The van der Waals surface area contributed by atoms with Crippen molar-refractivity contribution >= 4 is 5.91 Å². The van der Waals surface area contributed by atoms with E-state index in [-0.39, 0.29) is 29.6 Å². The van der Waals surface area contributed by atoms with Crippen molar-refractivity contribution in [2.45, 2.75) is 64.7 Å². The van der Waals surface area contributed by atoms with Gasteiger partial charge in [0.25, 0.3) is 0 Å². The molecule has 2 aliphatic rings. The Morgan fingerprint density at radius 3 is 2.52 bits per heavy atom. The van der Waals surface area contributed by atoms with E-state index in [9.17, 15) is 4.79 Å². The maximum atomic E-state index is 12.3. The molecule has 1 aliphatic heterocycles. The van der Waals surface area contributed by atoms with Crippen LogP contribution in [0.2, 0.25) is 0 Å². The summed E-state index contributed by atoms with van der Waals surface area (Å²) in [5.41, 5.74) is -0.0353. The number of nitrogens with zero attached hydrogens (tertiary/aromatic N) is 1. The number of allylic oxidation sites excluding steroid dienone is 2. The highest BCUT2D eigenvalue weighted by Gasteiger charge is 2.33. The maximum Gasteiger partial charge on any atom is 0.223 e. The summed E-state index contributed by atoms with van der Waals surface area (Å²) in [6, 6.07) is 0. The smallest absolute Gasteiger partial charge is 0.223 e. The molecule has 120 valence electrons. The third-order valence-corrected chi connectivity index (χ3v) is 4.61. The molecule has 1 saturated heterocycles. The summed E-state index contributed by atoms with van der Waals surface area (Å²) in [5, 5.41) is 3.16. The summed E-state index contributed by atoms with van der Waals surface area (Å²) in [6.07, 6.45) is 7.71. The number of carbonyl (C=O) groups is 1. The number of carbonyl (C=O) groups excluding carboxylic acids is 1. The number of ether oxygens (including phenoxy) is 1. The van der Waals surface area contributed by atoms with Crippen LogP contribution in [0.25, 0.3) is 0 Å². The molecular formula is C17H30N2O2. The van der Waals surface area contributed by atoms with E-state index in [1.807, 2.05) is 0 Å². The molecule has 21 heavy (non-hydrogen) atoms. The first kappa shape index (κ1) is 16.5. The van der Waals surface area contributed by atoms with Crippen molar-refractivity contribution in [3.05, 3.63) is 12.2 Å². The van der Waals surface area contributed by atoms with Gasteiger partial charge in [-0.1, -0.05) is 12.2 Å². The van der Waals surface area contributed by atoms with Crippen molar-refractivity contribution in [3.63, 3.8) is 0 Å². The molecule has 0 spiro atoms. The number of rotatable bonds is 4. The van der Waals surface area contributed by atoms with Crippen LogP contribution in [-0.2, 0) is 9.53 Å². The van der Waals surface area contributed by atoms with E-state index in [1.165, 1.54) is 0 Å². The fourth-order valence-electron chi connectivity index (χ4n) is 3.26. The van der Waals surface area contributed by atoms with Gasteiger partial charge in [-0.3, -0.25) is 9.69 Å².